The Morgan fingerprint density at radius 2 is 1.68 bits per heavy atom. The van der Waals surface area contributed by atoms with E-state index in [1.165, 1.54) is 12.3 Å². The van der Waals surface area contributed by atoms with E-state index in [2.05, 4.69) is 15.8 Å². The average molecular weight is 297 g/mol. The van der Waals surface area contributed by atoms with E-state index in [4.69, 9.17) is 0 Å². The molecule has 2 amide bonds. The van der Waals surface area contributed by atoms with Crippen LogP contribution in [-0.2, 0) is 16.1 Å². The summed E-state index contributed by atoms with van der Waals surface area (Å²) >= 11 is 0. The van der Waals surface area contributed by atoms with Gasteiger partial charge in [0.25, 0.3) is 0 Å². The Morgan fingerprint density at radius 3 is 2.41 bits per heavy atom. The van der Waals surface area contributed by atoms with Crippen LogP contribution in [0.4, 0.5) is 0 Å². The highest BCUT2D eigenvalue weighted by molar-refractivity contribution is 6.35. The van der Waals surface area contributed by atoms with Crippen molar-refractivity contribution in [2.24, 2.45) is 5.10 Å². The maximum atomic E-state index is 11.6. The second kappa shape index (κ2) is 7.58. The number of phenolic OH excluding ortho intramolecular Hbond substituents is 1. The van der Waals surface area contributed by atoms with Crippen LogP contribution >= 0.6 is 0 Å². The molecule has 2 aromatic rings. The van der Waals surface area contributed by atoms with Crippen LogP contribution in [0.1, 0.15) is 11.1 Å². The van der Waals surface area contributed by atoms with Crippen LogP contribution < -0.4 is 10.7 Å². The van der Waals surface area contributed by atoms with Crippen LogP contribution in [-0.4, -0.2) is 23.1 Å². The Kier molecular flexibility index (Phi) is 5.25. The summed E-state index contributed by atoms with van der Waals surface area (Å²) in [6, 6.07) is 15.7. The fourth-order valence-electron chi connectivity index (χ4n) is 1.67. The Balaban J connectivity index is 1.82. The predicted octanol–water partition coefficient (Wildman–Crippen LogP) is 1.16. The molecule has 0 saturated carbocycles. The molecule has 6 nitrogen and oxygen atoms in total. The van der Waals surface area contributed by atoms with Gasteiger partial charge in [0.15, 0.2) is 0 Å². The predicted molar refractivity (Wildman–Crippen MR) is 82.1 cm³/mol. The minimum Gasteiger partial charge on any atom is -0.507 e. The maximum Gasteiger partial charge on any atom is 0.329 e. The van der Waals surface area contributed by atoms with Gasteiger partial charge in [-0.2, -0.15) is 5.10 Å². The molecule has 2 rings (SSSR count). The molecule has 3 N–H and O–H groups in total. The second-order valence-corrected chi connectivity index (χ2v) is 4.43. The van der Waals surface area contributed by atoms with E-state index >= 15 is 0 Å². The summed E-state index contributed by atoms with van der Waals surface area (Å²) in [6.07, 6.45) is 1.26. The molecule has 0 unspecified atom stereocenters. The van der Waals surface area contributed by atoms with Gasteiger partial charge in [-0.15, -0.1) is 0 Å². The molecule has 22 heavy (non-hydrogen) atoms. The summed E-state index contributed by atoms with van der Waals surface area (Å²) in [5, 5.41) is 15.6. The highest BCUT2D eigenvalue weighted by Gasteiger charge is 2.11. The van der Waals surface area contributed by atoms with Crippen molar-refractivity contribution in [1.29, 1.82) is 0 Å². The molecular weight excluding hydrogens is 282 g/mol. The molecule has 0 bridgehead atoms. The van der Waals surface area contributed by atoms with E-state index in [9.17, 15) is 14.7 Å². The third kappa shape index (κ3) is 4.45. The number of amides is 2. The second-order valence-electron chi connectivity index (χ2n) is 4.43. The van der Waals surface area contributed by atoms with Gasteiger partial charge >= 0.3 is 11.8 Å². The van der Waals surface area contributed by atoms with Gasteiger partial charge < -0.3 is 10.4 Å². The zero-order valence-corrected chi connectivity index (χ0v) is 11.7. The summed E-state index contributed by atoms with van der Waals surface area (Å²) in [7, 11) is 0. The normalized spacial score (nSPS) is 10.4. The SMILES string of the molecule is O=C(NCc1ccccc1)C(=O)NN=Cc1ccccc1O. The molecule has 0 fully saturated rings. The maximum absolute atomic E-state index is 11.6. The number of hydrazone groups is 1. The molecule has 0 spiro atoms. The number of aromatic hydroxyl groups is 1. The first kappa shape index (κ1) is 15.2. The lowest BCUT2D eigenvalue weighted by molar-refractivity contribution is -0.139. The first-order valence-electron chi connectivity index (χ1n) is 6.60. The number of nitrogens with zero attached hydrogens (tertiary/aromatic N) is 1. The van der Waals surface area contributed by atoms with Crippen molar-refractivity contribution in [3.05, 3.63) is 65.7 Å². The lowest BCUT2D eigenvalue weighted by atomic mass is 10.2. The number of hydrogen-bond acceptors (Lipinski definition) is 4. The molecule has 0 aliphatic carbocycles. The fourth-order valence-corrected chi connectivity index (χ4v) is 1.67. The van der Waals surface area contributed by atoms with Gasteiger partial charge in [-0.05, 0) is 17.7 Å². The molecule has 0 atom stereocenters. The highest BCUT2D eigenvalue weighted by Crippen LogP contribution is 2.12. The third-order valence-electron chi connectivity index (χ3n) is 2.81. The first-order chi connectivity index (χ1) is 10.7. The van der Waals surface area contributed by atoms with E-state index < -0.39 is 11.8 Å². The number of rotatable bonds is 4. The number of carbonyl (C=O) groups is 2. The minimum atomic E-state index is -0.873. The zero-order valence-electron chi connectivity index (χ0n) is 11.7. The van der Waals surface area contributed by atoms with Crippen molar-refractivity contribution < 1.29 is 14.7 Å². The fraction of sp³-hybridized carbons (Fsp3) is 0.0625. The number of carbonyl (C=O) groups excluding carboxylic acids is 2. The van der Waals surface area contributed by atoms with Gasteiger partial charge in [0.05, 0.1) is 6.21 Å². The molecule has 0 heterocycles. The number of para-hydroxylation sites is 1. The third-order valence-corrected chi connectivity index (χ3v) is 2.81. The van der Waals surface area contributed by atoms with Gasteiger partial charge in [0, 0.05) is 12.1 Å². The molecule has 6 heteroatoms. The molecule has 0 aliphatic heterocycles. The highest BCUT2D eigenvalue weighted by atomic mass is 16.3. The molecule has 0 aromatic heterocycles. The summed E-state index contributed by atoms with van der Waals surface area (Å²) in [5.74, 6) is -1.62. The lowest BCUT2D eigenvalue weighted by Gasteiger charge is -2.03. The molecule has 112 valence electrons. The summed E-state index contributed by atoms with van der Waals surface area (Å²) in [4.78, 5) is 23.1. The summed E-state index contributed by atoms with van der Waals surface area (Å²) in [6.45, 7) is 0.260. The van der Waals surface area contributed by atoms with E-state index in [1.807, 2.05) is 30.3 Å². The van der Waals surface area contributed by atoms with Crippen LogP contribution in [0, 0.1) is 0 Å². The van der Waals surface area contributed by atoms with Gasteiger partial charge in [0.2, 0.25) is 0 Å². The van der Waals surface area contributed by atoms with Gasteiger partial charge in [-0.3, -0.25) is 9.59 Å². The van der Waals surface area contributed by atoms with Crippen LogP contribution in [0.15, 0.2) is 59.7 Å². The van der Waals surface area contributed by atoms with Crippen molar-refractivity contribution in [2.75, 3.05) is 0 Å². The van der Waals surface area contributed by atoms with Crippen molar-refractivity contribution in [3.8, 4) is 5.75 Å². The minimum absolute atomic E-state index is 0.0361. The van der Waals surface area contributed by atoms with E-state index in [0.717, 1.165) is 5.56 Å². The topological polar surface area (TPSA) is 90.8 Å². The van der Waals surface area contributed by atoms with Crippen LogP contribution in [0.25, 0.3) is 0 Å². The standard InChI is InChI=1S/C16H15N3O3/c20-14-9-5-4-8-13(14)11-18-19-16(22)15(21)17-10-12-6-2-1-3-7-12/h1-9,11,20H,10H2,(H,17,21)(H,19,22). The van der Waals surface area contributed by atoms with Gasteiger partial charge in [0.1, 0.15) is 5.75 Å². The molecule has 2 aromatic carbocycles. The molecule has 0 radical (unpaired) electrons. The number of nitrogens with one attached hydrogen (secondary N) is 2. The van der Waals surface area contributed by atoms with E-state index in [1.54, 1.807) is 18.2 Å². The summed E-state index contributed by atoms with van der Waals surface area (Å²) in [5.41, 5.74) is 3.43. The summed E-state index contributed by atoms with van der Waals surface area (Å²) < 4.78 is 0. The van der Waals surface area contributed by atoms with Crippen molar-refractivity contribution >= 4 is 18.0 Å². The van der Waals surface area contributed by atoms with Crippen molar-refractivity contribution in [2.45, 2.75) is 6.54 Å². The number of hydrogen-bond donors (Lipinski definition) is 3. The molecule has 0 aliphatic rings. The number of phenols is 1. The van der Waals surface area contributed by atoms with Crippen LogP contribution in [0.5, 0.6) is 5.75 Å². The average Bonchev–Trinajstić information content (AvgIpc) is 2.55. The molecule has 0 saturated heterocycles. The Labute approximate surface area is 127 Å². The zero-order chi connectivity index (χ0) is 15.8. The largest absolute Gasteiger partial charge is 0.507 e. The quantitative estimate of drug-likeness (QED) is 0.449. The van der Waals surface area contributed by atoms with E-state index in [0.29, 0.717) is 5.56 Å². The van der Waals surface area contributed by atoms with Crippen molar-refractivity contribution in [1.82, 2.24) is 10.7 Å². The Bertz CT molecular complexity index is 684. The molecular formula is C16H15N3O3. The lowest BCUT2D eigenvalue weighted by Crippen LogP contribution is -2.37. The van der Waals surface area contributed by atoms with Gasteiger partial charge in [-0.1, -0.05) is 42.5 Å². The Hall–Kier alpha value is -3.15. The monoisotopic (exact) mass is 297 g/mol. The first-order valence-corrected chi connectivity index (χ1v) is 6.60. The van der Waals surface area contributed by atoms with Gasteiger partial charge in [-0.25, -0.2) is 5.43 Å². The smallest absolute Gasteiger partial charge is 0.329 e. The van der Waals surface area contributed by atoms with Crippen LogP contribution in [0.2, 0.25) is 0 Å². The Morgan fingerprint density at radius 1 is 1.00 bits per heavy atom. The van der Waals surface area contributed by atoms with E-state index in [-0.39, 0.29) is 12.3 Å². The van der Waals surface area contributed by atoms with Crippen molar-refractivity contribution in [3.63, 3.8) is 0 Å². The number of benzene rings is 2. The van der Waals surface area contributed by atoms with Crippen LogP contribution in [0.3, 0.4) is 0 Å².